The first-order chi connectivity index (χ1) is 8.99. The van der Waals surface area contributed by atoms with E-state index in [0.717, 1.165) is 18.7 Å². The third kappa shape index (κ3) is 2.16. The van der Waals surface area contributed by atoms with Gasteiger partial charge in [-0.2, -0.15) is 0 Å². The van der Waals surface area contributed by atoms with E-state index in [2.05, 4.69) is 10.2 Å². The second kappa shape index (κ2) is 4.16. The van der Waals surface area contributed by atoms with Crippen LogP contribution >= 0.6 is 0 Å². The number of anilines is 1. The predicted octanol–water partition coefficient (Wildman–Crippen LogP) is 0.139. The third-order valence-electron chi connectivity index (χ3n) is 3.87. The maximum Gasteiger partial charge on any atom is 0.273 e. The van der Waals surface area contributed by atoms with Crippen molar-refractivity contribution in [2.75, 3.05) is 32.1 Å². The molecule has 6 nitrogen and oxygen atoms in total. The fraction of sp³-hybridized carbons (Fsp3) is 0.615. The van der Waals surface area contributed by atoms with Crippen molar-refractivity contribution in [1.82, 2.24) is 15.1 Å². The number of aliphatic hydroxyl groups is 1. The molecular weight excluding hydrogens is 244 g/mol. The number of aromatic nitrogens is 2. The van der Waals surface area contributed by atoms with Gasteiger partial charge in [-0.25, -0.2) is 0 Å². The van der Waals surface area contributed by atoms with Crippen molar-refractivity contribution in [3.05, 3.63) is 17.8 Å². The summed E-state index contributed by atoms with van der Waals surface area (Å²) in [4.78, 5) is 15.1. The standard InChI is InChI=1S/C13H18N4O2/c1-16(2)12(18)10-5-6-11(15-14-10)17-7-13(19,8-17)9-3-4-9/h5-6,9,19H,3-4,7-8H2,1-2H3. The quantitative estimate of drug-likeness (QED) is 0.839. The monoisotopic (exact) mass is 262 g/mol. The molecule has 0 unspecified atom stereocenters. The van der Waals surface area contributed by atoms with E-state index in [1.807, 2.05) is 4.90 Å². The minimum absolute atomic E-state index is 0.155. The zero-order valence-electron chi connectivity index (χ0n) is 11.2. The van der Waals surface area contributed by atoms with E-state index in [9.17, 15) is 9.90 Å². The molecule has 102 valence electrons. The first kappa shape index (κ1) is 12.3. The van der Waals surface area contributed by atoms with Crippen LogP contribution in [0.2, 0.25) is 0 Å². The van der Waals surface area contributed by atoms with Gasteiger partial charge in [-0.15, -0.1) is 10.2 Å². The van der Waals surface area contributed by atoms with Crippen LogP contribution in [-0.2, 0) is 0 Å². The molecule has 2 fully saturated rings. The van der Waals surface area contributed by atoms with Gasteiger partial charge in [0.05, 0.1) is 13.1 Å². The van der Waals surface area contributed by atoms with Crippen LogP contribution < -0.4 is 4.90 Å². The third-order valence-corrected chi connectivity index (χ3v) is 3.87. The Morgan fingerprint density at radius 1 is 1.37 bits per heavy atom. The summed E-state index contributed by atoms with van der Waals surface area (Å²) in [5.74, 6) is 1.03. The Hall–Kier alpha value is -1.69. The molecule has 2 aliphatic rings. The van der Waals surface area contributed by atoms with Gasteiger partial charge < -0.3 is 14.9 Å². The summed E-state index contributed by atoms with van der Waals surface area (Å²) in [7, 11) is 3.37. The average Bonchev–Trinajstić information content (AvgIpc) is 3.18. The number of β-amino-alcohol motifs (C(OH)–C–C–N with tert-alkyl or cyclic N) is 1. The number of carbonyl (C=O) groups is 1. The Morgan fingerprint density at radius 3 is 2.53 bits per heavy atom. The molecule has 1 aliphatic heterocycles. The van der Waals surface area contributed by atoms with Gasteiger partial charge in [0.25, 0.3) is 5.91 Å². The Morgan fingerprint density at radius 2 is 2.05 bits per heavy atom. The summed E-state index contributed by atoms with van der Waals surface area (Å²) in [6.07, 6.45) is 2.26. The summed E-state index contributed by atoms with van der Waals surface area (Å²) in [5.41, 5.74) is -0.188. The van der Waals surface area contributed by atoms with Crippen LogP contribution in [0.5, 0.6) is 0 Å². The van der Waals surface area contributed by atoms with E-state index in [1.165, 1.54) is 4.90 Å². The van der Waals surface area contributed by atoms with Gasteiger partial charge in [0.2, 0.25) is 0 Å². The SMILES string of the molecule is CN(C)C(=O)c1ccc(N2CC(O)(C3CC3)C2)nn1. The molecule has 6 heteroatoms. The van der Waals surface area contributed by atoms with Crippen LogP contribution in [0.15, 0.2) is 12.1 Å². The Bertz CT molecular complexity index is 490. The molecule has 0 spiro atoms. The lowest BCUT2D eigenvalue weighted by molar-refractivity contribution is -0.00983. The second-order valence-electron chi connectivity index (χ2n) is 5.71. The molecule has 1 aromatic heterocycles. The largest absolute Gasteiger partial charge is 0.386 e. The highest BCUT2D eigenvalue weighted by atomic mass is 16.3. The van der Waals surface area contributed by atoms with E-state index in [1.54, 1.807) is 26.2 Å². The molecule has 1 N–H and O–H groups in total. The van der Waals surface area contributed by atoms with Gasteiger partial charge in [-0.1, -0.05) is 0 Å². The molecule has 1 amide bonds. The molecule has 1 aromatic rings. The number of hydrogen-bond donors (Lipinski definition) is 1. The van der Waals surface area contributed by atoms with Gasteiger partial charge in [0.1, 0.15) is 5.60 Å². The maximum atomic E-state index is 11.7. The fourth-order valence-electron chi connectivity index (χ4n) is 2.49. The highest BCUT2D eigenvalue weighted by Gasteiger charge is 2.52. The molecule has 0 radical (unpaired) electrons. The van der Waals surface area contributed by atoms with Gasteiger partial charge >= 0.3 is 0 Å². The van der Waals surface area contributed by atoms with Gasteiger partial charge in [0, 0.05) is 14.1 Å². The van der Waals surface area contributed by atoms with Gasteiger partial charge in [-0.3, -0.25) is 4.79 Å². The van der Waals surface area contributed by atoms with E-state index in [-0.39, 0.29) is 5.91 Å². The van der Waals surface area contributed by atoms with Crippen molar-refractivity contribution in [3.63, 3.8) is 0 Å². The predicted molar refractivity (Wildman–Crippen MR) is 69.9 cm³/mol. The Labute approximate surface area is 112 Å². The first-order valence-corrected chi connectivity index (χ1v) is 6.52. The van der Waals surface area contributed by atoms with Crippen LogP contribution in [-0.4, -0.2) is 58.9 Å². The number of hydrogen-bond acceptors (Lipinski definition) is 5. The summed E-state index contributed by atoms with van der Waals surface area (Å²) >= 11 is 0. The highest BCUT2D eigenvalue weighted by molar-refractivity contribution is 5.91. The molecule has 1 aliphatic carbocycles. The van der Waals surface area contributed by atoms with Crippen LogP contribution in [0, 0.1) is 5.92 Å². The molecule has 1 saturated heterocycles. The summed E-state index contributed by atoms with van der Waals surface area (Å²) in [5, 5.41) is 18.3. The van der Waals surface area contributed by atoms with Gasteiger partial charge in [-0.05, 0) is 30.9 Å². The lowest BCUT2D eigenvalue weighted by Gasteiger charge is -2.47. The second-order valence-corrected chi connectivity index (χ2v) is 5.71. The van der Waals surface area contributed by atoms with Crippen LogP contribution in [0.1, 0.15) is 23.3 Å². The Kier molecular flexibility index (Phi) is 2.70. The smallest absolute Gasteiger partial charge is 0.273 e. The molecule has 0 aromatic carbocycles. The van der Waals surface area contributed by atoms with E-state index in [4.69, 9.17) is 0 Å². The van der Waals surface area contributed by atoms with Crippen molar-refractivity contribution in [1.29, 1.82) is 0 Å². The molecule has 3 rings (SSSR count). The fourth-order valence-corrected chi connectivity index (χ4v) is 2.49. The summed E-state index contributed by atoms with van der Waals surface area (Å²) in [6.45, 7) is 1.24. The number of carbonyl (C=O) groups excluding carboxylic acids is 1. The van der Waals surface area contributed by atoms with Crippen LogP contribution in [0.25, 0.3) is 0 Å². The Balaban J connectivity index is 1.66. The lowest BCUT2D eigenvalue weighted by atomic mass is 9.89. The molecule has 2 heterocycles. The highest BCUT2D eigenvalue weighted by Crippen LogP contribution is 2.45. The topological polar surface area (TPSA) is 69.6 Å². The number of rotatable bonds is 3. The van der Waals surface area contributed by atoms with E-state index < -0.39 is 5.60 Å². The first-order valence-electron chi connectivity index (χ1n) is 6.52. The normalized spacial score (nSPS) is 20.9. The molecule has 0 bridgehead atoms. The van der Waals surface area contributed by atoms with E-state index >= 15 is 0 Å². The minimum Gasteiger partial charge on any atom is -0.386 e. The lowest BCUT2D eigenvalue weighted by Crippen LogP contribution is -2.63. The van der Waals surface area contributed by atoms with Crippen molar-refractivity contribution >= 4 is 11.7 Å². The van der Waals surface area contributed by atoms with Crippen molar-refractivity contribution in [3.8, 4) is 0 Å². The summed E-state index contributed by atoms with van der Waals surface area (Å²) in [6, 6.07) is 3.47. The molecule has 0 atom stereocenters. The zero-order chi connectivity index (χ0) is 13.6. The minimum atomic E-state index is -0.528. The summed E-state index contributed by atoms with van der Waals surface area (Å²) < 4.78 is 0. The van der Waals surface area contributed by atoms with Gasteiger partial charge in [0.15, 0.2) is 11.5 Å². The van der Waals surface area contributed by atoms with Crippen LogP contribution in [0.4, 0.5) is 5.82 Å². The molecule has 19 heavy (non-hydrogen) atoms. The van der Waals surface area contributed by atoms with E-state index in [0.29, 0.717) is 24.7 Å². The average molecular weight is 262 g/mol. The zero-order valence-corrected chi connectivity index (χ0v) is 11.2. The molecular formula is C13H18N4O2. The molecule has 1 saturated carbocycles. The van der Waals surface area contributed by atoms with Crippen LogP contribution in [0.3, 0.4) is 0 Å². The van der Waals surface area contributed by atoms with Crippen molar-refractivity contribution in [2.24, 2.45) is 5.92 Å². The van der Waals surface area contributed by atoms with Crippen molar-refractivity contribution in [2.45, 2.75) is 18.4 Å². The number of amides is 1. The number of nitrogens with zero attached hydrogens (tertiary/aromatic N) is 4. The maximum absolute atomic E-state index is 11.7. The van der Waals surface area contributed by atoms with Crippen molar-refractivity contribution < 1.29 is 9.90 Å².